The first-order valence-corrected chi connectivity index (χ1v) is 10.3. The number of amides is 1. The molecule has 4 rings (SSSR count). The number of fused-ring (bicyclic) bond motifs is 1. The molecule has 0 unspecified atom stereocenters. The van der Waals surface area contributed by atoms with Gasteiger partial charge in [-0.3, -0.25) is 14.2 Å². The van der Waals surface area contributed by atoms with Gasteiger partial charge in [-0.15, -0.1) is 0 Å². The maximum Gasteiger partial charge on any atom is 0.255 e. The topological polar surface area (TPSA) is 67.2 Å². The molecule has 1 fully saturated rings. The number of benzene rings is 1. The normalized spacial score (nSPS) is 17.2. The molecular formula is C22H28N4O2. The molecule has 0 bridgehead atoms. The lowest BCUT2D eigenvalue weighted by molar-refractivity contribution is -0.122. The van der Waals surface area contributed by atoms with Gasteiger partial charge in [-0.05, 0) is 37.3 Å². The van der Waals surface area contributed by atoms with Crippen molar-refractivity contribution in [3.05, 3.63) is 57.5 Å². The van der Waals surface area contributed by atoms with Crippen LogP contribution in [0.3, 0.4) is 0 Å². The average Bonchev–Trinajstić information content (AvgIpc) is 2.70. The van der Waals surface area contributed by atoms with Gasteiger partial charge < -0.3 is 10.2 Å². The molecule has 0 saturated heterocycles. The lowest BCUT2D eigenvalue weighted by Gasteiger charge is -2.31. The average molecular weight is 380 g/mol. The van der Waals surface area contributed by atoms with Crippen LogP contribution in [0.5, 0.6) is 0 Å². The van der Waals surface area contributed by atoms with E-state index in [1.54, 1.807) is 0 Å². The van der Waals surface area contributed by atoms with E-state index in [4.69, 9.17) is 0 Å². The van der Waals surface area contributed by atoms with Crippen molar-refractivity contribution in [2.75, 3.05) is 11.4 Å². The molecule has 2 aromatic rings. The fourth-order valence-corrected chi connectivity index (χ4v) is 4.33. The number of nitrogens with one attached hydrogen (secondary N) is 1. The molecule has 1 amide bonds. The Kier molecular flexibility index (Phi) is 5.46. The minimum Gasteiger partial charge on any atom is -0.352 e. The molecule has 148 valence electrons. The third kappa shape index (κ3) is 4.11. The van der Waals surface area contributed by atoms with E-state index in [0.717, 1.165) is 38.6 Å². The van der Waals surface area contributed by atoms with E-state index in [-0.39, 0.29) is 24.1 Å². The van der Waals surface area contributed by atoms with Crippen molar-refractivity contribution < 1.29 is 4.79 Å². The highest BCUT2D eigenvalue weighted by Crippen LogP contribution is 2.23. The molecule has 1 aromatic heterocycles. The van der Waals surface area contributed by atoms with Gasteiger partial charge in [0.15, 0.2) is 0 Å². The molecular weight excluding hydrogens is 352 g/mol. The van der Waals surface area contributed by atoms with Gasteiger partial charge in [0.25, 0.3) is 5.56 Å². The summed E-state index contributed by atoms with van der Waals surface area (Å²) < 4.78 is 1.53. The molecule has 6 heteroatoms. The molecule has 1 N–H and O–H groups in total. The van der Waals surface area contributed by atoms with Crippen LogP contribution in [0.15, 0.2) is 35.1 Å². The highest BCUT2D eigenvalue weighted by Gasteiger charge is 2.23. The summed E-state index contributed by atoms with van der Waals surface area (Å²) in [4.78, 5) is 32.1. The van der Waals surface area contributed by atoms with Crippen LogP contribution in [0.4, 0.5) is 5.95 Å². The van der Waals surface area contributed by atoms with Crippen molar-refractivity contribution in [2.24, 2.45) is 0 Å². The first kappa shape index (κ1) is 18.7. The van der Waals surface area contributed by atoms with E-state index in [1.165, 1.54) is 28.2 Å². The summed E-state index contributed by atoms with van der Waals surface area (Å²) in [5.41, 5.74) is 3.11. The number of nitrogens with zero attached hydrogens (tertiary/aromatic N) is 3. The van der Waals surface area contributed by atoms with Crippen molar-refractivity contribution in [2.45, 2.75) is 64.6 Å². The Labute approximate surface area is 165 Å². The molecule has 6 nitrogen and oxygen atoms in total. The number of aromatic nitrogens is 2. The third-order valence-electron chi connectivity index (χ3n) is 5.80. The standard InChI is InChI=1S/C22H28N4O2/c1-16-13-21(28)26(15-20(27)24-19-9-3-2-4-10-19)22(23-16)25-12-11-17-7-5-6-8-18(17)14-25/h5-8,13,19H,2-4,9-12,14-15H2,1H3,(H,24,27). The lowest BCUT2D eigenvalue weighted by Crippen LogP contribution is -2.42. The Hall–Kier alpha value is -2.63. The number of anilines is 1. The molecule has 2 heterocycles. The van der Waals surface area contributed by atoms with E-state index in [1.807, 2.05) is 13.0 Å². The zero-order chi connectivity index (χ0) is 19.5. The second-order valence-electron chi connectivity index (χ2n) is 7.96. The molecule has 1 aromatic carbocycles. The Morgan fingerprint density at radius 1 is 1.18 bits per heavy atom. The first-order valence-electron chi connectivity index (χ1n) is 10.3. The van der Waals surface area contributed by atoms with Crippen LogP contribution in [-0.2, 0) is 24.3 Å². The second kappa shape index (κ2) is 8.17. The van der Waals surface area contributed by atoms with E-state index in [9.17, 15) is 9.59 Å². The van der Waals surface area contributed by atoms with E-state index >= 15 is 0 Å². The number of hydrogen-bond donors (Lipinski definition) is 1. The summed E-state index contributed by atoms with van der Waals surface area (Å²) in [5.74, 6) is 0.497. The molecule has 1 aliphatic carbocycles. The van der Waals surface area contributed by atoms with Crippen LogP contribution in [0.1, 0.15) is 48.9 Å². The molecule has 0 atom stereocenters. The minimum absolute atomic E-state index is 0.0239. The van der Waals surface area contributed by atoms with Crippen molar-refractivity contribution in [3.63, 3.8) is 0 Å². The smallest absolute Gasteiger partial charge is 0.255 e. The Morgan fingerprint density at radius 2 is 1.93 bits per heavy atom. The molecule has 28 heavy (non-hydrogen) atoms. The van der Waals surface area contributed by atoms with E-state index in [2.05, 4.69) is 33.4 Å². The van der Waals surface area contributed by atoms with Crippen LogP contribution in [0, 0.1) is 6.92 Å². The van der Waals surface area contributed by atoms with Gasteiger partial charge in [0.05, 0.1) is 0 Å². The molecule has 0 radical (unpaired) electrons. The second-order valence-corrected chi connectivity index (χ2v) is 7.96. The molecule has 1 saturated carbocycles. The van der Waals surface area contributed by atoms with Crippen LogP contribution in [-0.4, -0.2) is 28.0 Å². The van der Waals surface area contributed by atoms with Gasteiger partial charge >= 0.3 is 0 Å². The lowest BCUT2D eigenvalue weighted by atomic mass is 9.95. The summed E-state index contributed by atoms with van der Waals surface area (Å²) in [6.07, 6.45) is 6.54. The minimum atomic E-state index is -0.167. The number of aryl methyl sites for hydroxylation is 1. The summed E-state index contributed by atoms with van der Waals surface area (Å²) in [6, 6.07) is 10.1. The third-order valence-corrected chi connectivity index (χ3v) is 5.80. The highest BCUT2D eigenvalue weighted by molar-refractivity contribution is 5.76. The predicted molar refractivity (Wildman–Crippen MR) is 109 cm³/mol. The summed E-state index contributed by atoms with van der Waals surface area (Å²) in [5, 5.41) is 3.11. The number of hydrogen-bond acceptors (Lipinski definition) is 4. The monoisotopic (exact) mass is 380 g/mol. The van der Waals surface area contributed by atoms with Gasteiger partial charge in [0.2, 0.25) is 11.9 Å². The quantitative estimate of drug-likeness (QED) is 0.885. The molecule has 0 spiro atoms. The molecule has 2 aliphatic rings. The Morgan fingerprint density at radius 3 is 2.71 bits per heavy atom. The van der Waals surface area contributed by atoms with Gasteiger partial charge in [-0.1, -0.05) is 43.5 Å². The fraction of sp³-hybridized carbons (Fsp3) is 0.500. The van der Waals surface area contributed by atoms with Gasteiger partial charge in [-0.25, -0.2) is 4.98 Å². The zero-order valence-electron chi connectivity index (χ0n) is 16.5. The van der Waals surface area contributed by atoms with Crippen molar-refractivity contribution in [1.29, 1.82) is 0 Å². The van der Waals surface area contributed by atoms with Gasteiger partial charge in [0.1, 0.15) is 6.54 Å². The van der Waals surface area contributed by atoms with Crippen LogP contribution in [0.2, 0.25) is 0 Å². The Balaban J connectivity index is 1.56. The van der Waals surface area contributed by atoms with Crippen LogP contribution < -0.4 is 15.8 Å². The van der Waals surface area contributed by atoms with Gasteiger partial charge in [-0.2, -0.15) is 0 Å². The number of carbonyl (C=O) groups excluding carboxylic acids is 1. The zero-order valence-corrected chi connectivity index (χ0v) is 16.5. The van der Waals surface area contributed by atoms with Crippen molar-refractivity contribution in [3.8, 4) is 0 Å². The van der Waals surface area contributed by atoms with Gasteiger partial charge in [0, 0.05) is 30.9 Å². The molecule has 1 aliphatic heterocycles. The highest BCUT2D eigenvalue weighted by atomic mass is 16.2. The maximum atomic E-state index is 12.7. The summed E-state index contributed by atoms with van der Waals surface area (Å²) in [6.45, 7) is 3.35. The summed E-state index contributed by atoms with van der Waals surface area (Å²) in [7, 11) is 0. The number of carbonyl (C=O) groups is 1. The Bertz CT molecular complexity index is 915. The van der Waals surface area contributed by atoms with Crippen LogP contribution >= 0.6 is 0 Å². The van der Waals surface area contributed by atoms with Crippen LogP contribution in [0.25, 0.3) is 0 Å². The summed E-state index contributed by atoms with van der Waals surface area (Å²) >= 11 is 0. The van der Waals surface area contributed by atoms with Crippen molar-refractivity contribution in [1.82, 2.24) is 14.9 Å². The van der Waals surface area contributed by atoms with E-state index in [0.29, 0.717) is 18.2 Å². The number of rotatable bonds is 4. The first-order chi connectivity index (χ1) is 13.6. The largest absolute Gasteiger partial charge is 0.352 e. The maximum absolute atomic E-state index is 12.7. The fourth-order valence-electron chi connectivity index (χ4n) is 4.33. The van der Waals surface area contributed by atoms with E-state index < -0.39 is 0 Å². The SMILES string of the molecule is Cc1cc(=O)n(CC(=O)NC2CCCCC2)c(N2CCc3ccccc3C2)n1. The predicted octanol–water partition coefficient (Wildman–Crippen LogP) is 2.56. The van der Waals surface area contributed by atoms with Crippen molar-refractivity contribution >= 4 is 11.9 Å².